The van der Waals surface area contributed by atoms with Crippen LogP contribution in [0.5, 0.6) is 17.4 Å². The van der Waals surface area contributed by atoms with Crippen molar-refractivity contribution in [2.75, 3.05) is 14.1 Å². The van der Waals surface area contributed by atoms with E-state index in [0.717, 1.165) is 54.6 Å². The van der Waals surface area contributed by atoms with Gasteiger partial charge in [-0.1, -0.05) is 18.2 Å². The van der Waals surface area contributed by atoms with Gasteiger partial charge in [0, 0.05) is 18.6 Å². The first-order valence-electron chi connectivity index (χ1n) is 11.8. The Balaban J connectivity index is 1.58. The van der Waals surface area contributed by atoms with E-state index in [9.17, 15) is 14.3 Å². The molecule has 1 amide bonds. The number of nitrogens with two attached hydrogens (primary N) is 1. The minimum absolute atomic E-state index is 0.00800. The number of ether oxygens (including phenoxy) is 1. The zero-order valence-electron chi connectivity index (χ0n) is 20.0. The Bertz CT molecular complexity index is 1190. The SMILES string of the molecule is CN(C)Cc1cc(O)ccc1-c1cccc(Oc2ncc(F)cc2C(=O)NC2CCC(N)CC2)c1. The van der Waals surface area contributed by atoms with E-state index < -0.39 is 11.7 Å². The fourth-order valence-electron chi connectivity index (χ4n) is 4.37. The molecule has 1 aliphatic rings. The Morgan fingerprint density at radius 2 is 1.94 bits per heavy atom. The van der Waals surface area contributed by atoms with Gasteiger partial charge in [0.2, 0.25) is 5.88 Å². The maximum atomic E-state index is 14.0. The summed E-state index contributed by atoms with van der Waals surface area (Å²) >= 11 is 0. The van der Waals surface area contributed by atoms with Crippen molar-refractivity contribution in [3.8, 4) is 28.5 Å². The molecule has 184 valence electrons. The largest absolute Gasteiger partial charge is 0.508 e. The molecule has 1 aliphatic carbocycles. The number of nitrogens with zero attached hydrogens (tertiary/aromatic N) is 2. The minimum atomic E-state index is -0.612. The van der Waals surface area contributed by atoms with Crippen molar-refractivity contribution in [2.24, 2.45) is 5.73 Å². The van der Waals surface area contributed by atoms with Crippen molar-refractivity contribution in [3.05, 3.63) is 71.7 Å². The molecule has 0 spiro atoms. The van der Waals surface area contributed by atoms with E-state index in [1.807, 2.05) is 43.3 Å². The van der Waals surface area contributed by atoms with Crippen LogP contribution < -0.4 is 15.8 Å². The number of hydrogen-bond donors (Lipinski definition) is 3. The summed E-state index contributed by atoms with van der Waals surface area (Å²) < 4.78 is 20.0. The normalized spacial score (nSPS) is 17.9. The van der Waals surface area contributed by atoms with Gasteiger partial charge in [0.15, 0.2) is 0 Å². The van der Waals surface area contributed by atoms with Crippen molar-refractivity contribution in [1.29, 1.82) is 0 Å². The molecule has 1 heterocycles. The number of benzene rings is 2. The highest BCUT2D eigenvalue weighted by atomic mass is 19.1. The summed E-state index contributed by atoms with van der Waals surface area (Å²) in [6.45, 7) is 0.644. The second kappa shape index (κ2) is 10.8. The second-order valence-electron chi connectivity index (χ2n) is 9.30. The number of rotatable bonds is 7. The quantitative estimate of drug-likeness (QED) is 0.464. The molecular weight excluding hydrogens is 447 g/mol. The van der Waals surface area contributed by atoms with E-state index in [4.69, 9.17) is 10.5 Å². The van der Waals surface area contributed by atoms with E-state index >= 15 is 0 Å². The van der Waals surface area contributed by atoms with Gasteiger partial charge in [0.05, 0.1) is 6.20 Å². The summed E-state index contributed by atoms with van der Waals surface area (Å²) in [6.07, 6.45) is 4.29. The molecule has 0 aliphatic heterocycles. The lowest BCUT2D eigenvalue weighted by atomic mass is 9.91. The van der Waals surface area contributed by atoms with Crippen LogP contribution in [0, 0.1) is 5.82 Å². The minimum Gasteiger partial charge on any atom is -0.508 e. The van der Waals surface area contributed by atoms with Crippen molar-refractivity contribution >= 4 is 5.91 Å². The average Bonchev–Trinajstić information content (AvgIpc) is 2.81. The molecular formula is C27H31FN4O3. The zero-order valence-corrected chi connectivity index (χ0v) is 20.0. The van der Waals surface area contributed by atoms with Gasteiger partial charge in [-0.3, -0.25) is 4.79 Å². The number of pyridine rings is 1. The third-order valence-corrected chi connectivity index (χ3v) is 6.10. The average molecular weight is 479 g/mol. The van der Waals surface area contributed by atoms with E-state index in [0.29, 0.717) is 12.3 Å². The molecule has 2 aromatic carbocycles. The Morgan fingerprint density at radius 3 is 2.69 bits per heavy atom. The molecule has 0 bridgehead atoms. The summed E-state index contributed by atoms with van der Waals surface area (Å²) in [5, 5.41) is 12.9. The lowest BCUT2D eigenvalue weighted by Gasteiger charge is -2.27. The number of nitrogens with one attached hydrogen (secondary N) is 1. The van der Waals surface area contributed by atoms with Crippen molar-refractivity contribution in [1.82, 2.24) is 15.2 Å². The first kappa shape index (κ1) is 24.6. The van der Waals surface area contributed by atoms with Crippen molar-refractivity contribution in [2.45, 2.75) is 44.3 Å². The van der Waals surface area contributed by atoms with Crippen LogP contribution in [0.3, 0.4) is 0 Å². The van der Waals surface area contributed by atoms with Crippen molar-refractivity contribution in [3.63, 3.8) is 0 Å². The fourth-order valence-corrected chi connectivity index (χ4v) is 4.37. The molecule has 35 heavy (non-hydrogen) atoms. The Labute approximate surface area is 204 Å². The number of carbonyl (C=O) groups is 1. The lowest BCUT2D eigenvalue weighted by Crippen LogP contribution is -2.40. The summed E-state index contributed by atoms with van der Waals surface area (Å²) in [6, 6.07) is 13.9. The Morgan fingerprint density at radius 1 is 1.17 bits per heavy atom. The Hall–Kier alpha value is -3.49. The van der Waals surface area contributed by atoms with E-state index in [1.165, 1.54) is 0 Å². The van der Waals surface area contributed by atoms with Crippen LogP contribution in [0.1, 0.15) is 41.6 Å². The van der Waals surface area contributed by atoms with Gasteiger partial charge in [-0.05, 0) is 86.8 Å². The maximum Gasteiger partial charge on any atom is 0.257 e. The standard InChI is InChI=1S/C27H31FN4O3/c1-32(2)16-18-12-22(33)10-11-24(18)17-4-3-5-23(13-17)35-27-25(14-19(28)15-30-27)26(34)31-21-8-6-20(29)7-9-21/h3-5,10-15,20-21,33H,6-9,16,29H2,1-2H3,(H,31,34). The summed E-state index contributed by atoms with van der Waals surface area (Å²) in [4.78, 5) is 19.0. The fraction of sp³-hybridized carbons (Fsp3) is 0.333. The van der Waals surface area contributed by atoms with Crippen LogP contribution in [0.2, 0.25) is 0 Å². The van der Waals surface area contributed by atoms with Crippen LogP contribution in [0.15, 0.2) is 54.7 Å². The Kier molecular flexibility index (Phi) is 7.63. The third kappa shape index (κ3) is 6.35. The highest BCUT2D eigenvalue weighted by Gasteiger charge is 2.23. The van der Waals surface area contributed by atoms with Gasteiger partial charge < -0.3 is 25.8 Å². The van der Waals surface area contributed by atoms with Crippen LogP contribution >= 0.6 is 0 Å². The first-order chi connectivity index (χ1) is 16.8. The van der Waals surface area contributed by atoms with Crippen LogP contribution in [0.4, 0.5) is 4.39 Å². The predicted octanol–water partition coefficient (Wildman–Crippen LogP) is 4.45. The van der Waals surface area contributed by atoms with Crippen molar-refractivity contribution < 1.29 is 19.0 Å². The molecule has 0 atom stereocenters. The van der Waals surface area contributed by atoms with Gasteiger partial charge in [0.25, 0.3) is 5.91 Å². The second-order valence-corrected chi connectivity index (χ2v) is 9.30. The van der Waals surface area contributed by atoms with E-state index in [-0.39, 0.29) is 29.3 Å². The highest BCUT2D eigenvalue weighted by Crippen LogP contribution is 2.32. The molecule has 0 unspecified atom stereocenters. The van der Waals surface area contributed by atoms with Crippen LogP contribution in [0.25, 0.3) is 11.1 Å². The third-order valence-electron chi connectivity index (χ3n) is 6.10. The number of halogens is 1. The first-order valence-corrected chi connectivity index (χ1v) is 11.8. The molecule has 1 saturated carbocycles. The monoisotopic (exact) mass is 478 g/mol. The van der Waals surface area contributed by atoms with Gasteiger partial charge in [0.1, 0.15) is 22.9 Å². The molecule has 8 heteroatoms. The van der Waals surface area contributed by atoms with Gasteiger partial charge in [-0.15, -0.1) is 0 Å². The van der Waals surface area contributed by atoms with Gasteiger partial charge in [-0.2, -0.15) is 0 Å². The number of phenolic OH excluding ortho intramolecular Hbond substituents is 1. The van der Waals surface area contributed by atoms with Gasteiger partial charge in [-0.25, -0.2) is 9.37 Å². The number of aromatic nitrogens is 1. The molecule has 4 N–H and O–H groups in total. The lowest BCUT2D eigenvalue weighted by molar-refractivity contribution is 0.0922. The summed E-state index contributed by atoms with van der Waals surface area (Å²) in [5.74, 6) is -0.338. The van der Waals surface area contributed by atoms with Crippen LogP contribution in [-0.4, -0.2) is 47.1 Å². The summed E-state index contributed by atoms with van der Waals surface area (Å²) in [7, 11) is 3.92. The molecule has 3 aromatic rings. The zero-order chi connectivity index (χ0) is 24.9. The molecule has 7 nitrogen and oxygen atoms in total. The van der Waals surface area contributed by atoms with E-state index in [1.54, 1.807) is 18.2 Å². The molecule has 4 rings (SSSR count). The van der Waals surface area contributed by atoms with E-state index in [2.05, 4.69) is 10.3 Å². The molecule has 0 saturated heterocycles. The highest BCUT2D eigenvalue weighted by molar-refractivity contribution is 5.96. The van der Waals surface area contributed by atoms with Gasteiger partial charge >= 0.3 is 0 Å². The predicted molar refractivity (Wildman–Crippen MR) is 133 cm³/mol. The summed E-state index contributed by atoms with van der Waals surface area (Å²) in [5.41, 5.74) is 8.79. The number of aromatic hydroxyl groups is 1. The molecule has 0 radical (unpaired) electrons. The number of phenols is 1. The smallest absolute Gasteiger partial charge is 0.257 e. The maximum absolute atomic E-state index is 14.0. The van der Waals surface area contributed by atoms with Crippen LogP contribution in [-0.2, 0) is 6.54 Å². The number of amides is 1. The topological polar surface area (TPSA) is 101 Å². The number of hydrogen-bond acceptors (Lipinski definition) is 6. The molecule has 1 aromatic heterocycles. The number of carbonyl (C=O) groups excluding carboxylic acids is 1. The molecule has 1 fully saturated rings.